The zero-order valence-corrected chi connectivity index (χ0v) is 10.5. The van der Waals surface area contributed by atoms with Crippen LogP contribution in [0, 0.1) is 6.92 Å². The van der Waals surface area contributed by atoms with Crippen LogP contribution in [0.5, 0.6) is 0 Å². The van der Waals surface area contributed by atoms with Gasteiger partial charge in [-0.25, -0.2) is 4.68 Å². The maximum absolute atomic E-state index is 11.1. The largest absolute Gasteiger partial charge is 0.545 e. The van der Waals surface area contributed by atoms with Crippen molar-refractivity contribution >= 4 is 5.97 Å². The van der Waals surface area contributed by atoms with Gasteiger partial charge in [0.2, 0.25) is 0 Å². The lowest BCUT2D eigenvalue weighted by atomic mass is 10.1. The number of hydrogen-bond acceptors (Lipinski definition) is 3. The van der Waals surface area contributed by atoms with Gasteiger partial charge in [0.15, 0.2) is 0 Å². The molecule has 0 aliphatic carbocycles. The summed E-state index contributed by atoms with van der Waals surface area (Å²) in [5, 5.41) is 15.2. The number of para-hydroxylation sites is 1. The number of carbonyl (C=O) groups is 1. The monoisotopic (exact) mass is 243 g/mol. The maximum atomic E-state index is 11.1. The van der Waals surface area contributed by atoms with Crippen molar-refractivity contribution in [2.45, 2.75) is 26.7 Å². The average molecular weight is 243 g/mol. The Morgan fingerprint density at radius 1 is 1.39 bits per heavy atom. The van der Waals surface area contributed by atoms with Crippen LogP contribution in [0.2, 0.25) is 0 Å². The lowest BCUT2D eigenvalue weighted by molar-refractivity contribution is -0.255. The van der Waals surface area contributed by atoms with E-state index in [4.69, 9.17) is 0 Å². The van der Waals surface area contributed by atoms with Crippen molar-refractivity contribution in [2.24, 2.45) is 0 Å². The van der Waals surface area contributed by atoms with Crippen LogP contribution in [0.3, 0.4) is 0 Å². The van der Waals surface area contributed by atoms with Gasteiger partial charge in [-0.2, -0.15) is 5.10 Å². The van der Waals surface area contributed by atoms with Gasteiger partial charge in [0, 0.05) is 5.56 Å². The van der Waals surface area contributed by atoms with Gasteiger partial charge < -0.3 is 9.90 Å². The number of hydrogen-bond donors (Lipinski definition) is 0. The molecule has 18 heavy (non-hydrogen) atoms. The number of aryl methyl sites for hydroxylation is 1. The number of carbonyl (C=O) groups excluding carboxylic acids is 1. The van der Waals surface area contributed by atoms with Crippen molar-refractivity contribution in [3.63, 3.8) is 0 Å². The van der Waals surface area contributed by atoms with Crippen LogP contribution in [-0.2, 0) is 6.42 Å². The standard InChI is InChI=1S/C14H16N2O2/c1-3-6-13-11(14(17)18)9-15-16(13)12-8-5-4-7-10(12)2/h4-5,7-9H,3,6H2,1-2H3,(H,17,18)/p-1. The lowest BCUT2D eigenvalue weighted by Gasteiger charge is -2.11. The second kappa shape index (κ2) is 5.04. The molecule has 0 amide bonds. The average Bonchev–Trinajstić information content (AvgIpc) is 2.74. The molecule has 1 heterocycles. The number of aromatic nitrogens is 2. The van der Waals surface area contributed by atoms with Crippen molar-refractivity contribution in [3.8, 4) is 5.69 Å². The van der Waals surface area contributed by atoms with Gasteiger partial charge in [0.1, 0.15) is 0 Å². The van der Waals surface area contributed by atoms with Crippen molar-refractivity contribution in [3.05, 3.63) is 47.3 Å². The molecule has 0 N–H and O–H groups in total. The molecule has 0 saturated carbocycles. The third kappa shape index (κ3) is 2.14. The van der Waals surface area contributed by atoms with Crippen LogP contribution in [0.1, 0.15) is 35.0 Å². The van der Waals surface area contributed by atoms with Gasteiger partial charge >= 0.3 is 0 Å². The summed E-state index contributed by atoms with van der Waals surface area (Å²) >= 11 is 0. The fraction of sp³-hybridized carbons (Fsp3) is 0.286. The van der Waals surface area contributed by atoms with Crippen LogP contribution < -0.4 is 5.11 Å². The fourth-order valence-electron chi connectivity index (χ4n) is 2.03. The summed E-state index contributed by atoms with van der Waals surface area (Å²) in [5.41, 5.74) is 2.85. The van der Waals surface area contributed by atoms with Crippen molar-refractivity contribution < 1.29 is 9.90 Å². The van der Waals surface area contributed by atoms with E-state index in [1.54, 1.807) is 4.68 Å². The molecule has 0 radical (unpaired) electrons. The molecule has 1 aromatic carbocycles. The Labute approximate surface area is 106 Å². The number of nitrogens with zero attached hydrogens (tertiary/aromatic N) is 2. The molecule has 2 aromatic rings. The first-order chi connectivity index (χ1) is 8.65. The first kappa shape index (κ1) is 12.4. The van der Waals surface area contributed by atoms with Gasteiger partial charge in [0.25, 0.3) is 0 Å². The Morgan fingerprint density at radius 3 is 2.72 bits per heavy atom. The van der Waals surface area contributed by atoms with E-state index < -0.39 is 5.97 Å². The quantitative estimate of drug-likeness (QED) is 0.817. The number of carboxylic acid groups (broad SMARTS) is 1. The summed E-state index contributed by atoms with van der Waals surface area (Å²) in [6.07, 6.45) is 2.89. The predicted octanol–water partition coefficient (Wildman–Crippen LogP) is 1.50. The molecule has 0 atom stereocenters. The van der Waals surface area contributed by atoms with Crippen LogP contribution >= 0.6 is 0 Å². The molecule has 4 nitrogen and oxygen atoms in total. The molecule has 0 fully saturated rings. The van der Waals surface area contributed by atoms with E-state index in [0.29, 0.717) is 12.1 Å². The smallest absolute Gasteiger partial charge is 0.0749 e. The summed E-state index contributed by atoms with van der Waals surface area (Å²) in [7, 11) is 0. The molecular formula is C14H15N2O2-. The highest BCUT2D eigenvalue weighted by atomic mass is 16.4. The Balaban J connectivity index is 2.58. The second-order valence-electron chi connectivity index (χ2n) is 4.24. The molecule has 1 aromatic heterocycles. The van der Waals surface area contributed by atoms with Crippen LogP contribution in [0.15, 0.2) is 30.5 Å². The third-order valence-electron chi connectivity index (χ3n) is 2.92. The fourth-order valence-corrected chi connectivity index (χ4v) is 2.03. The third-order valence-corrected chi connectivity index (χ3v) is 2.92. The van der Waals surface area contributed by atoms with E-state index >= 15 is 0 Å². The normalized spacial score (nSPS) is 10.6. The van der Waals surface area contributed by atoms with Crippen molar-refractivity contribution in [2.75, 3.05) is 0 Å². The molecule has 0 saturated heterocycles. The first-order valence-corrected chi connectivity index (χ1v) is 5.99. The first-order valence-electron chi connectivity index (χ1n) is 5.99. The Hall–Kier alpha value is -2.10. The number of aromatic carboxylic acids is 1. The molecule has 0 aliphatic heterocycles. The number of rotatable bonds is 4. The zero-order valence-electron chi connectivity index (χ0n) is 10.5. The Kier molecular flexibility index (Phi) is 3.46. The zero-order chi connectivity index (χ0) is 13.1. The maximum Gasteiger partial charge on any atom is 0.0749 e. The summed E-state index contributed by atoms with van der Waals surface area (Å²) in [6, 6.07) is 7.77. The molecule has 94 valence electrons. The molecule has 0 aliphatic rings. The van der Waals surface area contributed by atoms with Gasteiger partial charge in [-0.15, -0.1) is 0 Å². The minimum atomic E-state index is -1.17. The van der Waals surface area contributed by atoms with Gasteiger partial charge in [0.05, 0.1) is 23.5 Å². The minimum absolute atomic E-state index is 0.181. The van der Waals surface area contributed by atoms with Gasteiger partial charge in [-0.1, -0.05) is 31.5 Å². The van der Waals surface area contributed by atoms with E-state index in [1.807, 2.05) is 38.1 Å². The van der Waals surface area contributed by atoms with Crippen LogP contribution in [0.4, 0.5) is 0 Å². The number of benzene rings is 1. The molecule has 0 bridgehead atoms. The summed E-state index contributed by atoms with van der Waals surface area (Å²) < 4.78 is 1.70. The Morgan fingerprint density at radius 2 is 2.11 bits per heavy atom. The second-order valence-corrected chi connectivity index (χ2v) is 4.24. The lowest BCUT2D eigenvalue weighted by Crippen LogP contribution is -2.23. The molecule has 4 heteroatoms. The highest BCUT2D eigenvalue weighted by molar-refractivity contribution is 5.87. The molecule has 2 rings (SSSR count). The topological polar surface area (TPSA) is 57.9 Å². The predicted molar refractivity (Wildman–Crippen MR) is 66.6 cm³/mol. The van der Waals surface area contributed by atoms with Crippen molar-refractivity contribution in [1.29, 1.82) is 0 Å². The highest BCUT2D eigenvalue weighted by Gasteiger charge is 2.13. The van der Waals surface area contributed by atoms with E-state index in [0.717, 1.165) is 17.7 Å². The van der Waals surface area contributed by atoms with E-state index in [-0.39, 0.29) is 5.56 Å². The van der Waals surface area contributed by atoms with Gasteiger partial charge in [-0.05, 0) is 25.0 Å². The summed E-state index contributed by atoms with van der Waals surface area (Å²) in [4.78, 5) is 11.1. The van der Waals surface area contributed by atoms with Crippen LogP contribution in [-0.4, -0.2) is 15.7 Å². The number of carboxylic acids is 1. The van der Waals surface area contributed by atoms with Crippen LogP contribution in [0.25, 0.3) is 5.69 Å². The summed E-state index contributed by atoms with van der Waals surface area (Å²) in [5.74, 6) is -1.17. The molecular weight excluding hydrogens is 228 g/mol. The van der Waals surface area contributed by atoms with E-state index in [2.05, 4.69) is 5.10 Å². The minimum Gasteiger partial charge on any atom is -0.545 e. The highest BCUT2D eigenvalue weighted by Crippen LogP contribution is 2.19. The summed E-state index contributed by atoms with van der Waals surface area (Å²) in [6.45, 7) is 3.99. The van der Waals surface area contributed by atoms with Crippen molar-refractivity contribution in [1.82, 2.24) is 9.78 Å². The van der Waals surface area contributed by atoms with Gasteiger partial charge in [-0.3, -0.25) is 0 Å². The SMILES string of the molecule is CCCc1c(C(=O)[O-])cnn1-c1ccccc1C. The Bertz CT molecular complexity index is 573. The molecule has 0 unspecified atom stereocenters. The van der Waals surface area contributed by atoms with E-state index in [1.165, 1.54) is 6.20 Å². The van der Waals surface area contributed by atoms with E-state index in [9.17, 15) is 9.90 Å². The molecule has 0 spiro atoms.